The summed E-state index contributed by atoms with van der Waals surface area (Å²) >= 11 is 3.54. The van der Waals surface area contributed by atoms with Gasteiger partial charge >= 0.3 is 0 Å². The van der Waals surface area contributed by atoms with Crippen LogP contribution in [0.1, 0.15) is 21.5 Å². The normalized spacial score (nSPS) is 11.3. The van der Waals surface area contributed by atoms with E-state index in [2.05, 4.69) is 26.5 Å². The Morgan fingerprint density at radius 3 is 2.25 bits per heavy atom. The highest BCUT2D eigenvalue weighted by Crippen LogP contribution is 2.30. The second-order valence-corrected chi connectivity index (χ2v) is 11.7. The van der Waals surface area contributed by atoms with Crippen molar-refractivity contribution in [3.63, 3.8) is 0 Å². The van der Waals surface area contributed by atoms with Gasteiger partial charge in [0.25, 0.3) is 15.9 Å². The second kappa shape index (κ2) is 12.8. The molecule has 8 nitrogen and oxygen atoms in total. The third-order valence-electron chi connectivity index (χ3n) is 6.07. The predicted molar refractivity (Wildman–Crippen MR) is 163 cm³/mol. The lowest BCUT2D eigenvalue weighted by Gasteiger charge is -2.26. The average Bonchev–Trinajstić information content (AvgIpc) is 2.96. The Hall–Kier alpha value is -4.15. The monoisotopic (exact) mass is 620 g/mol. The first-order valence-corrected chi connectivity index (χ1v) is 14.5. The van der Waals surface area contributed by atoms with Gasteiger partial charge in [-0.1, -0.05) is 48.5 Å². The summed E-state index contributed by atoms with van der Waals surface area (Å²) in [6.07, 6.45) is 1.53. The zero-order chi connectivity index (χ0) is 28.7. The number of nitrogens with zero attached hydrogens (tertiary/aromatic N) is 3. The minimum absolute atomic E-state index is 0.0228. The summed E-state index contributed by atoms with van der Waals surface area (Å²) in [6, 6.07) is 27.6. The van der Waals surface area contributed by atoms with E-state index in [1.165, 1.54) is 29.8 Å². The summed E-state index contributed by atoms with van der Waals surface area (Å²) in [7, 11) is 1.34. The number of carbonyl (C=O) groups excluding carboxylic acids is 1. The molecule has 4 aromatic rings. The first kappa shape index (κ1) is 28.8. The van der Waals surface area contributed by atoms with Crippen LogP contribution < -0.4 is 19.4 Å². The van der Waals surface area contributed by atoms with Crippen LogP contribution in [0.4, 0.5) is 11.4 Å². The number of hydrogen-bond donors (Lipinski definition) is 1. The Morgan fingerprint density at radius 2 is 1.60 bits per heavy atom. The van der Waals surface area contributed by atoms with Gasteiger partial charge in [-0.25, -0.2) is 13.8 Å². The molecule has 0 saturated carbocycles. The minimum atomic E-state index is -4.06. The van der Waals surface area contributed by atoms with Crippen LogP contribution in [-0.2, 0) is 16.6 Å². The lowest BCUT2D eigenvalue weighted by molar-refractivity contribution is 0.0955. The molecule has 0 unspecified atom stereocenters. The Kier molecular flexibility index (Phi) is 9.23. The van der Waals surface area contributed by atoms with Gasteiger partial charge in [0.2, 0.25) is 0 Å². The van der Waals surface area contributed by atoms with E-state index in [4.69, 9.17) is 4.74 Å². The fourth-order valence-corrected chi connectivity index (χ4v) is 6.22. The maximum atomic E-state index is 13.9. The smallest absolute Gasteiger partial charge is 0.273 e. The fraction of sp³-hybridized carbons (Fsp3) is 0.133. The molecule has 0 heterocycles. The van der Waals surface area contributed by atoms with Crippen LogP contribution in [0.3, 0.4) is 0 Å². The number of para-hydroxylation sites is 1. The summed E-state index contributed by atoms with van der Waals surface area (Å²) in [6.45, 7) is 0.0228. The first-order chi connectivity index (χ1) is 19.2. The van der Waals surface area contributed by atoms with Crippen molar-refractivity contribution in [1.82, 2.24) is 5.43 Å². The molecule has 0 bridgehead atoms. The van der Waals surface area contributed by atoms with Crippen LogP contribution in [0.15, 0.2) is 112 Å². The lowest BCUT2D eigenvalue weighted by atomic mass is 10.1. The molecule has 4 rings (SSSR count). The van der Waals surface area contributed by atoms with Crippen molar-refractivity contribution in [3.8, 4) is 5.75 Å². The molecule has 0 fully saturated rings. The summed E-state index contributed by atoms with van der Waals surface area (Å²) in [5, 5.41) is 4.12. The van der Waals surface area contributed by atoms with Crippen molar-refractivity contribution in [2.75, 3.05) is 30.4 Å². The van der Waals surface area contributed by atoms with Gasteiger partial charge in [-0.05, 0) is 75.6 Å². The molecule has 10 heteroatoms. The van der Waals surface area contributed by atoms with Crippen molar-refractivity contribution in [1.29, 1.82) is 0 Å². The Bertz CT molecular complexity index is 1610. The molecular weight excluding hydrogens is 592 g/mol. The Balaban J connectivity index is 1.66. The number of ether oxygens (including phenoxy) is 1. The number of carbonyl (C=O) groups is 1. The molecule has 40 heavy (non-hydrogen) atoms. The Morgan fingerprint density at radius 1 is 0.925 bits per heavy atom. The van der Waals surface area contributed by atoms with Crippen LogP contribution >= 0.6 is 15.9 Å². The number of sulfonamides is 1. The molecule has 1 N–H and O–H groups in total. The largest absolute Gasteiger partial charge is 0.497 e. The maximum Gasteiger partial charge on any atom is 0.273 e. The van der Waals surface area contributed by atoms with Crippen LogP contribution in [0, 0.1) is 0 Å². The van der Waals surface area contributed by atoms with Crippen molar-refractivity contribution >= 4 is 49.4 Å². The molecule has 0 aliphatic carbocycles. The number of hydrogen-bond acceptors (Lipinski definition) is 6. The third-order valence-corrected chi connectivity index (χ3v) is 8.48. The maximum absolute atomic E-state index is 13.9. The van der Waals surface area contributed by atoms with Gasteiger partial charge in [-0.15, -0.1) is 0 Å². The molecule has 0 spiro atoms. The van der Waals surface area contributed by atoms with Gasteiger partial charge in [0.15, 0.2) is 0 Å². The lowest BCUT2D eigenvalue weighted by Crippen LogP contribution is -2.33. The molecule has 0 atom stereocenters. The van der Waals surface area contributed by atoms with Crippen molar-refractivity contribution < 1.29 is 17.9 Å². The van der Waals surface area contributed by atoms with Gasteiger partial charge in [-0.3, -0.25) is 9.10 Å². The van der Waals surface area contributed by atoms with Gasteiger partial charge in [0, 0.05) is 18.6 Å². The highest BCUT2D eigenvalue weighted by molar-refractivity contribution is 9.10. The number of benzene rings is 4. The van der Waals surface area contributed by atoms with E-state index < -0.39 is 15.9 Å². The molecule has 0 aromatic heterocycles. The van der Waals surface area contributed by atoms with Gasteiger partial charge in [-0.2, -0.15) is 5.10 Å². The van der Waals surface area contributed by atoms with Crippen LogP contribution in [0.5, 0.6) is 5.75 Å². The minimum Gasteiger partial charge on any atom is -0.497 e. The molecule has 1 amide bonds. The van der Waals surface area contributed by atoms with E-state index in [-0.39, 0.29) is 22.7 Å². The zero-order valence-corrected chi connectivity index (χ0v) is 24.7. The fourth-order valence-electron chi connectivity index (χ4n) is 4.00. The highest BCUT2D eigenvalue weighted by Gasteiger charge is 2.28. The molecule has 0 radical (unpaired) electrons. The zero-order valence-electron chi connectivity index (χ0n) is 22.3. The Labute approximate surface area is 243 Å². The van der Waals surface area contributed by atoms with E-state index >= 15 is 0 Å². The van der Waals surface area contributed by atoms with Gasteiger partial charge in [0.05, 0.1) is 41.7 Å². The van der Waals surface area contributed by atoms with Crippen molar-refractivity contribution in [2.45, 2.75) is 11.4 Å². The molecule has 0 aliphatic heterocycles. The SMILES string of the molecule is COc1ccc(S(=O)(=O)N(Cc2ccccc2)c2ccccc2C(=O)N/N=C/c2ccc(N(C)C)c(Br)c2)cc1. The summed E-state index contributed by atoms with van der Waals surface area (Å²) in [5.74, 6) is -0.00611. The second-order valence-electron chi connectivity index (χ2n) is 8.99. The van der Waals surface area contributed by atoms with E-state index in [1.54, 1.807) is 36.4 Å². The van der Waals surface area contributed by atoms with Crippen LogP contribution in [0.2, 0.25) is 0 Å². The van der Waals surface area contributed by atoms with E-state index in [0.717, 1.165) is 21.3 Å². The molecule has 0 aliphatic rings. The van der Waals surface area contributed by atoms with E-state index in [9.17, 15) is 13.2 Å². The van der Waals surface area contributed by atoms with Crippen LogP contribution in [0.25, 0.3) is 0 Å². The number of anilines is 2. The van der Waals surface area contributed by atoms with Crippen LogP contribution in [-0.4, -0.2) is 41.7 Å². The standard InChI is InChI=1S/C30H29BrN4O4S/c1-34(2)29-18-13-23(19-27(29)31)20-32-33-30(36)26-11-7-8-12-28(26)35(21-22-9-5-4-6-10-22)40(37,38)25-16-14-24(39-3)15-17-25/h4-20H,21H2,1-3H3,(H,33,36)/b32-20+. The highest BCUT2D eigenvalue weighted by atomic mass is 79.9. The van der Waals surface area contributed by atoms with Crippen molar-refractivity contribution in [2.24, 2.45) is 5.10 Å². The number of rotatable bonds is 10. The summed E-state index contributed by atoms with van der Waals surface area (Å²) < 4.78 is 35.2. The quantitative estimate of drug-likeness (QED) is 0.182. The van der Waals surface area contributed by atoms with E-state index in [0.29, 0.717) is 5.75 Å². The summed E-state index contributed by atoms with van der Waals surface area (Å²) in [4.78, 5) is 15.3. The van der Waals surface area contributed by atoms with Gasteiger partial charge < -0.3 is 9.64 Å². The summed E-state index contributed by atoms with van der Waals surface area (Å²) in [5.41, 5.74) is 5.48. The number of hydrazone groups is 1. The third kappa shape index (κ3) is 6.70. The number of halogens is 1. The number of methoxy groups -OCH3 is 1. The first-order valence-electron chi connectivity index (χ1n) is 12.3. The average molecular weight is 622 g/mol. The predicted octanol–water partition coefficient (Wildman–Crippen LogP) is 5.68. The topological polar surface area (TPSA) is 91.3 Å². The molecule has 206 valence electrons. The number of amides is 1. The molecule has 0 saturated heterocycles. The molecular formula is C30H29BrN4O4S. The van der Waals surface area contributed by atoms with Gasteiger partial charge in [0.1, 0.15) is 5.75 Å². The number of nitrogens with one attached hydrogen (secondary N) is 1. The van der Waals surface area contributed by atoms with Crippen molar-refractivity contribution in [3.05, 3.63) is 118 Å². The van der Waals surface area contributed by atoms with E-state index in [1.807, 2.05) is 67.5 Å². The molecule has 4 aromatic carbocycles.